The Balaban J connectivity index is 2.05. The van der Waals surface area contributed by atoms with Crippen molar-refractivity contribution in [2.24, 2.45) is 5.92 Å². The van der Waals surface area contributed by atoms with Gasteiger partial charge in [-0.3, -0.25) is 0 Å². The molecule has 0 saturated carbocycles. The molecule has 1 aliphatic rings. The van der Waals surface area contributed by atoms with Gasteiger partial charge in [0.05, 0.1) is 6.10 Å². The molecular formula is C13H20N2O2. The number of hydrogen-bond donors (Lipinski definition) is 2. The van der Waals surface area contributed by atoms with Crippen LogP contribution < -0.4 is 4.90 Å². The van der Waals surface area contributed by atoms with Gasteiger partial charge in [-0.25, -0.2) is 4.98 Å². The molecule has 1 aromatic rings. The van der Waals surface area contributed by atoms with E-state index in [4.69, 9.17) is 5.11 Å². The molecule has 0 bridgehead atoms. The van der Waals surface area contributed by atoms with E-state index in [1.165, 1.54) is 0 Å². The van der Waals surface area contributed by atoms with Gasteiger partial charge in [-0.2, -0.15) is 0 Å². The lowest BCUT2D eigenvalue weighted by Crippen LogP contribution is -2.35. The molecule has 17 heavy (non-hydrogen) atoms. The molecule has 1 saturated heterocycles. The fourth-order valence-electron chi connectivity index (χ4n) is 2.21. The Labute approximate surface area is 102 Å². The molecule has 94 valence electrons. The molecule has 4 nitrogen and oxygen atoms in total. The maximum absolute atomic E-state index is 9.55. The summed E-state index contributed by atoms with van der Waals surface area (Å²) in [7, 11) is 0. The number of rotatable bonds is 3. The van der Waals surface area contributed by atoms with Crippen molar-refractivity contribution in [3.63, 3.8) is 0 Å². The molecule has 0 radical (unpaired) electrons. The van der Waals surface area contributed by atoms with E-state index in [0.717, 1.165) is 37.3 Å². The first-order chi connectivity index (χ1) is 8.20. The van der Waals surface area contributed by atoms with E-state index in [2.05, 4.69) is 9.88 Å². The fraction of sp³-hybridized carbons (Fsp3) is 0.615. The van der Waals surface area contributed by atoms with Gasteiger partial charge in [0, 0.05) is 25.9 Å². The van der Waals surface area contributed by atoms with E-state index in [1.54, 1.807) is 13.1 Å². The number of pyridine rings is 1. The third-order valence-corrected chi connectivity index (χ3v) is 3.45. The third kappa shape index (κ3) is 2.96. The zero-order valence-corrected chi connectivity index (χ0v) is 10.2. The van der Waals surface area contributed by atoms with E-state index in [1.807, 2.05) is 12.1 Å². The monoisotopic (exact) mass is 236 g/mol. The highest BCUT2D eigenvalue weighted by Crippen LogP contribution is 2.23. The smallest absolute Gasteiger partial charge is 0.128 e. The van der Waals surface area contributed by atoms with E-state index in [-0.39, 0.29) is 6.61 Å². The Hall–Kier alpha value is -1.13. The average molecular weight is 236 g/mol. The standard InChI is InChI=1S/C13H20N2O2/c1-10(17)12-2-5-14-13(8-12)15-6-3-11(9-16)4-7-15/h2,5,8,10-11,16-17H,3-4,6-7,9H2,1H3/t10-/m0/s1. The highest BCUT2D eigenvalue weighted by molar-refractivity contribution is 5.41. The Morgan fingerprint density at radius 3 is 2.76 bits per heavy atom. The van der Waals surface area contributed by atoms with E-state index in [9.17, 15) is 5.11 Å². The summed E-state index contributed by atoms with van der Waals surface area (Å²) in [5.41, 5.74) is 0.902. The highest BCUT2D eigenvalue weighted by atomic mass is 16.3. The van der Waals surface area contributed by atoms with Gasteiger partial charge < -0.3 is 15.1 Å². The first-order valence-electron chi connectivity index (χ1n) is 6.20. The van der Waals surface area contributed by atoms with Crippen molar-refractivity contribution in [2.75, 3.05) is 24.6 Å². The number of hydrogen-bond acceptors (Lipinski definition) is 4. The SMILES string of the molecule is C[C@H](O)c1ccnc(N2CCC(CO)CC2)c1. The molecule has 1 fully saturated rings. The Morgan fingerprint density at radius 2 is 2.18 bits per heavy atom. The molecule has 2 heterocycles. The molecule has 1 aromatic heterocycles. The van der Waals surface area contributed by atoms with Gasteiger partial charge in [-0.15, -0.1) is 0 Å². The van der Waals surface area contributed by atoms with Crippen molar-refractivity contribution in [3.05, 3.63) is 23.9 Å². The quantitative estimate of drug-likeness (QED) is 0.831. The van der Waals surface area contributed by atoms with Crippen LogP contribution in [-0.2, 0) is 0 Å². The van der Waals surface area contributed by atoms with Crippen LogP contribution in [0, 0.1) is 5.92 Å². The maximum atomic E-state index is 9.55. The van der Waals surface area contributed by atoms with Crippen LogP contribution in [0.5, 0.6) is 0 Å². The number of piperidine rings is 1. The van der Waals surface area contributed by atoms with Crippen molar-refractivity contribution in [1.29, 1.82) is 0 Å². The average Bonchev–Trinajstić information content (AvgIpc) is 2.39. The minimum absolute atomic E-state index is 0.287. The zero-order chi connectivity index (χ0) is 12.3. The fourth-order valence-corrected chi connectivity index (χ4v) is 2.21. The molecule has 1 atom stereocenters. The predicted molar refractivity (Wildman–Crippen MR) is 66.9 cm³/mol. The lowest BCUT2D eigenvalue weighted by molar-refractivity contribution is 0.199. The molecule has 0 aliphatic carbocycles. The first kappa shape index (κ1) is 12.3. The molecule has 1 aliphatic heterocycles. The lowest BCUT2D eigenvalue weighted by Gasteiger charge is -2.32. The molecule has 4 heteroatoms. The van der Waals surface area contributed by atoms with Gasteiger partial charge in [0.2, 0.25) is 0 Å². The Bertz CT molecular complexity index is 360. The summed E-state index contributed by atoms with van der Waals surface area (Å²) in [6.45, 7) is 3.91. The minimum atomic E-state index is -0.452. The van der Waals surface area contributed by atoms with Crippen molar-refractivity contribution in [1.82, 2.24) is 4.98 Å². The van der Waals surface area contributed by atoms with Crippen LogP contribution in [0.4, 0.5) is 5.82 Å². The highest BCUT2D eigenvalue weighted by Gasteiger charge is 2.19. The van der Waals surface area contributed by atoms with Crippen molar-refractivity contribution in [3.8, 4) is 0 Å². The number of anilines is 1. The summed E-state index contributed by atoms with van der Waals surface area (Å²) in [5, 5.41) is 18.6. The summed E-state index contributed by atoms with van der Waals surface area (Å²) >= 11 is 0. The summed E-state index contributed by atoms with van der Waals surface area (Å²) in [4.78, 5) is 6.57. The lowest BCUT2D eigenvalue weighted by atomic mass is 9.98. The normalized spacial score (nSPS) is 19.4. The van der Waals surface area contributed by atoms with Gasteiger partial charge in [-0.1, -0.05) is 0 Å². The second-order valence-corrected chi connectivity index (χ2v) is 4.74. The van der Waals surface area contributed by atoms with E-state index < -0.39 is 6.10 Å². The summed E-state index contributed by atoms with van der Waals surface area (Å²) in [6, 6.07) is 3.79. The van der Waals surface area contributed by atoms with Gasteiger partial charge in [0.25, 0.3) is 0 Å². The second kappa shape index (κ2) is 5.47. The molecule has 0 unspecified atom stereocenters. The van der Waals surface area contributed by atoms with Crippen molar-refractivity contribution in [2.45, 2.75) is 25.9 Å². The summed E-state index contributed by atoms with van der Waals surface area (Å²) < 4.78 is 0. The molecule has 0 amide bonds. The van der Waals surface area contributed by atoms with Crippen molar-refractivity contribution >= 4 is 5.82 Å². The van der Waals surface area contributed by atoms with Crippen LogP contribution in [0.25, 0.3) is 0 Å². The number of aliphatic hydroxyl groups excluding tert-OH is 2. The zero-order valence-electron chi connectivity index (χ0n) is 10.2. The number of aromatic nitrogens is 1. The van der Waals surface area contributed by atoms with Gasteiger partial charge in [0.15, 0.2) is 0 Å². The van der Waals surface area contributed by atoms with Gasteiger partial charge in [-0.05, 0) is 43.4 Å². The van der Waals surface area contributed by atoms with Gasteiger partial charge in [0.1, 0.15) is 5.82 Å². The summed E-state index contributed by atoms with van der Waals surface area (Å²) in [5.74, 6) is 1.37. The topological polar surface area (TPSA) is 56.6 Å². The minimum Gasteiger partial charge on any atom is -0.396 e. The molecule has 0 aromatic carbocycles. The van der Waals surface area contributed by atoms with E-state index >= 15 is 0 Å². The Kier molecular flexibility index (Phi) is 3.97. The van der Waals surface area contributed by atoms with Crippen LogP contribution in [0.3, 0.4) is 0 Å². The van der Waals surface area contributed by atoms with Crippen LogP contribution >= 0.6 is 0 Å². The molecule has 2 N–H and O–H groups in total. The van der Waals surface area contributed by atoms with Crippen molar-refractivity contribution < 1.29 is 10.2 Å². The number of aliphatic hydroxyl groups is 2. The van der Waals surface area contributed by atoms with Crippen LogP contribution in [-0.4, -0.2) is 34.9 Å². The summed E-state index contributed by atoms with van der Waals surface area (Å²) in [6.07, 6.45) is 3.32. The van der Waals surface area contributed by atoms with E-state index in [0.29, 0.717) is 5.92 Å². The molecule has 2 rings (SSSR count). The third-order valence-electron chi connectivity index (χ3n) is 3.45. The molecule has 0 spiro atoms. The van der Waals surface area contributed by atoms with Crippen LogP contribution in [0.15, 0.2) is 18.3 Å². The maximum Gasteiger partial charge on any atom is 0.128 e. The molecular weight excluding hydrogens is 216 g/mol. The van der Waals surface area contributed by atoms with Crippen LogP contribution in [0.1, 0.15) is 31.4 Å². The van der Waals surface area contributed by atoms with Crippen LogP contribution in [0.2, 0.25) is 0 Å². The first-order valence-corrected chi connectivity index (χ1v) is 6.20. The van der Waals surface area contributed by atoms with Gasteiger partial charge >= 0.3 is 0 Å². The second-order valence-electron chi connectivity index (χ2n) is 4.74. The Morgan fingerprint density at radius 1 is 1.47 bits per heavy atom. The largest absolute Gasteiger partial charge is 0.396 e. The predicted octanol–water partition coefficient (Wildman–Crippen LogP) is 1.34. The number of nitrogens with zero attached hydrogens (tertiary/aromatic N) is 2.